The summed E-state index contributed by atoms with van der Waals surface area (Å²) in [4.78, 5) is 37.6. The molecule has 1 saturated heterocycles. The number of primary amides is 1. The van der Waals surface area contributed by atoms with Gasteiger partial charge in [0.05, 0.1) is 16.9 Å². The van der Waals surface area contributed by atoms with E-state index in [1.165, 1.54) is 17.0 Å². The second-order valence-electron chi connectivity index (χ2n) is 7.88. The molecular weight excluding hydrogens is 420 g/mol. The molecule has 1 aromatic heterocycles. The van der Waals surface area contributed by atoms with E-state index in [-0.39, 0.29) is 11.5 Å². The molecule has 3 N–H and O–H groups in total. The molecule has 0 saturated carbocycles. The Morgan fingerprint density at radius 2 is 1.85 bits per heavy atom. The zero-order valence-corrected chi connectivity index (χ0v) is 17.9. The van der Waals surface area contributed by atoms with E-state index in [0.29, 0.717) is 29.8 Å². The standard InChI is InChI=1S/C25H24N4O4/c26-24(31)21-11-4-5-14-28(21)22(30)13-12-19-16-29(20-9-2-1-3-10-20)27-23(19)17-7-6-8-18(15-17)25(32)33/h1-3,6-10,12-13,15-16,21H,4-5,11,14H2,(H2,26,31)(H,32,33)/b13-12+. The van der Waals surface area contributed by atoms with Crippen molar-refractivity contribution in [2.24, 2.45) is 5.73 Å². The lowest BCUT2D eigenvalue weighted by Crippen LogP contribution is -2.49. The first-order valence-corrected chi connectivity index (χ1v) is 10.7. The third-order valence-electron chi connectivity index (χ3n) is 5.67. The molecule has 0 spiro atoms. The molecule has 1 aliphatic rings. The van der Waals surface area contributed by atoms with Gasteiger partial charge in [-0.1, -0.05) is 30.3 Å². The number of likely N-dealkylation sites (tertiary alicyclic amines) is 1. The van der Waals surface area contributed by atoms with E-state index in [1.54, 1.807) is 35.2 Å². The highest BCUT2D eigenvalue weighted by Gasteiger charge is 2.29. The number of nitrogens with zero attached hydrogens (tertiary/aromatic N) is 3. The van der Waals surface area contributed by atoms with Gasteiger partial charge in [0.25, 0.3) is 0 Å². The fourth-order valence-electron chi connectivity index (χ4n) is 3.99. The van der Waals surface area contributed by atoms with Crippen molar-refractivity contribution in [1.29, 1.82) is 0 Å². The van der Waals surface area contributed by atoms with E-state index in [1.807, 2.05) is 30.3 Å². The number of hydrogen-bond donors (Lipinski definition) is 2. The van der Waals surface area contributed by atoms with Crippen LogP contribution in [0.3, 0.4) is 0 Å². The van der Waals surface area contributed by atoms with E-state index >= 15 is 0 Å². The number of carbonyl (C=O) groups excluding carboxylic acids is 2. The number of rotatable bonds is 6. The van der Waals surface area contributed by atoms with Crippen LogP contribution in [0.15, 0.2) is 66.9 Å². The topological polar surface area (TPSA) is 119 Å². The minimum absolute atomic E-state index is 0.144. The Balaban J connectivity index is 1.71. The molecule has 2 amide bonds. The molecule has 33 heavy (non-hydrogen) atoms. The van der Waals surface area contributed by atoms with Crippen molar-refractivity contribution in [3.05, 3.63) is 78.0 Å². The molecule has 2 aromatic carbocycles. The Hall–Kier alpha value is -4.20. The van der Waals surface area contributed by atoms with E-state index < -0.39 is 17.9 Å². The number of aromatic nitrogens is 2. The van der Waals surface area contributed by atoms with E-state index in [4.69, 9.17) is 5.73 Å². The molecular formula is C25H24N4O4. The van der Waals surface area contributed by atoms with Gasteiger partial charge in [0.2, 0.25) is 11.8 Å². The van der Waals surface area contributed by atoms with Crippen molar-refractivity contribution in [3.8, 4) is 16.9 Å². The van der Waals surface area contributed by atoms with Gasteiger partial charge in [0.15, 0.2) is 0 Å². The smallest absolute Gasteiger partial charge is 0.335 e. The molecule has 1 fully saturated rings. The maximum Gasteiger partial charge on any atom is 0.335 e. The van der Waals surface area contributed by atoms with Crippen molar-refractivity contribution in [3.63, 3.8) is 0 Å². The van der Waals surface area contributed by atoms with E-state index in [0.717, 1.165) is 18.5 Å². The number of benzene rings is 2. The zero-order valence-electron chi connectivity index (χ0n) is 17.9. The zero-order chi connectivity index (χ0) is 23.4. The molecule has 8 heteroatoms. The Labute approximate surface area is 190 Å². The number of aromatic carboxylic acids is 1. The van der Waals surface area contributed by atoms with Crippen LogP contribution >= 0.6 is 0 Å². The average molecular weight is 444 g/mol. The molecule has 0 bridgehead atoms. The summed E-state index contributed by atoms with van der Waals surface area (Å²) in [7, 11) is 0. The summed E-state index contributed by atoms with van der Waals surface area (Å²) >= 11 is 0. The molecule has 0 aliphatic carbocycles. The quantitative estimate of drug-likeness (QED) is 0.566. The van der Waals surface area contributed by atoms with E-state index in [9.17, 15) is 19.5 Å². The lowest BCUT2D eigenvalue weighted by molar-refractivity contribution is -0.137. The molecule has 168 valence electrons. The van der Waals surface area contributed by atoms with Crippen LogP contribution in [0.1, 0.15) is 35.2 Å². The first-order valence-electron chi connectivity index (χ1n) is 10.7. The van der Waals surface area contributed by atoms with Crippen LogP contribution in [0.4, 0.5) is 0 Å². The first kappa shape index (κ1) is 22.0. The number of carboxylic acids is 1. The molecule has 1 atom stereocenters. The Bertz CT molecular complexity index is 1220. The summed E-state index contributed by atoms with van der Waals surface area (Å²) in [5, 5.41) is 14.0. The van der Waals surface area contributed by atoms with Gasteiger partial charge >= 0.3 is 5.97 Å². The second-order valence-corrected chi connectivity index (χ2v) is 7.88. The number of piperidine rings is 1. The molecule has 0 radical (unpaired) electrons. The molecule has 4 rings (SSSR count). The van der Waals surface area contributed by atoms with Crippen LogP contribution in [0.2, 0.25) is 0 Å². The summed E-state index contributed by atoms with van der Waals surface area (Å²) in [6, 6.07) is 15.4. The van der Waals surface area contributed by atoms with Gasteiger partial charge in [-0.25, -0.2) is 9.48 Å². The number of carbonyl (C=O) groups is 3. The lowest BCUT2D eigenvalue weighted by atomic mass is 10.0. The van der Waals surface area contributed by atoms with Crippen LogP contribution in [-0.4, -0.2) is 50.2 Å². The fourth-order valence-corrected chi connectivity index (χ4v) is 3.99. The third kappa shape index (κ3) is 4.85. The van der Waals surface area contributed by atoms with Gasteiger partial charge in [-0.05, 0) is 49.6 Å². The Morgan fingerprint density at radius 1 is 1.06 bits per heavy atom. The summed E-state index contributed by atoms with van der Waals surface area (Å²) in [6.07, 6.45) is 7.08. The Kier molecular flexibility index (Phi) is 6.35. The molecule has 8 nitrogen and oxygen atoms in total. The largest absolute Gasteiger partial charge is 0.478 e. The Morgan fingerprint density at radius 3 is 2.58 bits per heavy atom. The highest BCUT2D eigenvalue weighted by molar-refractivity contribution is 5.96. The highest BCUT2D eigenvalue weighted by atomic mass is 16.4. The third-order valence-corrected chi connectivity index (χ3v) is 5.67. The predicted octanol–water partition coefficient (Wildman–Crippen LogP) is 3.12. The fraction of sp³-hybridized carbons (Fsp3) is 0.200. The van der Waals surface area contributed by atoms with Crippen molar-refractivity contribution in [1.82, 2.24) is 14.7 Å². The van der Waals surface area contributed by atoms with Crippen molar-refractivity contribution in [2.75, 3.05) is 6.54 Å². The van der Waals surface area contributed by atoms with Crippen LogP contribution < -0.4 is 5.73 Å². The molecule has 1 unspecified atom stereocenters. The number of hydrogen-bond acceptors (Lipinski definition) is 4. The SMILES string of the molecule is NC(=O)C1CCCCN1C(=O)/C=C/c1cn(-c2ccccc2)nc1-c1cccc(C(=O)O)c1. The maximum atomic E-state index is 12.9. The summed E-state index contributed by atoms with van der Waals surface area (Å²) in [5.74, 6) is -1.83. The predicted molar refractivity (Wildman–Crippen MR) is 124 cm³/mol. The van der Waals surface area contributed by atoms with Crippen molar-refractivity contribution < 1.29 is 19.5 Å². The maximum absolute atomic E-state index is 12.9. The second kappa shape index (κ2) is 9.52. The van der Waals surface area contributed by atoms with Crippen molar-refractivity contribution in [2.45, 2.75) is 25.3 Å². The van der Waals surface area contributed by atoms with Gasteiger partial charge in [0, 0.05) is 29.9 Å². The number of para-hydroxylation sites is 1. The van der Waals surface area contributed by atoms with Crippen LogP contribution in [0.25, 0.3) is 23.0 Å². The van der Waals surface area contributed by atoms with Gasteiger partial charge in [-0.3, -0.25) is 9.59 Å². The average Bonchev–Trinajstić information content (AvgIpc) is 3.27. The van der Waals surface area contributed by atoms with Gasteiger partial charge in [0.1, 0.15) is 6.04 Å². The number of amides is 2. The highest BCUT2D eigenvalue weighted by Crippen LogP contribution is 2.26. The monoisotopic (exact) mass is 444 g/mol. The van der Waals surface area contributed by atoms with Crippen molar-refractivity contribution >= 4 is 23.9 Å². The van der Waals surface area contributed by atoms with Gasteiger partial charge in [-0.15, -0.1) is 0 Å². The van der Waals surface area contributed by atoms with Gasteiger partial charge in [-0.2, -0.15) is 5.10 Å². The van der Waals surface area contributed by atoms with Crippen LogP contribution in [-0.2, 0) is 9.59 Å². The molecule has 2 heterocycles. The van der Waals surface area contributed by atoms with Gasteiger partial charge < -0.3 is 15.7 Å². The van der Waals surface area contributed by atoms with Crippen LogP contribution in [0.5, 0.6) is 0 Å². The summed E-state index contributed by atoms with van der Waals surface area (Å²) in [6.45, 7) is 0.480. The van der Waals surface area contributed by atoms with E-state index in [2.05, 4.69) is 5.10 Å². The van der Waals surface area contributed by atoms with Crippen LogP contribution in [0, 0.1) is 0 Å². The molecule has 1 aliphatic heterocycles. The summed E-state index contributed by atoms with van der Waals surface area (Å²) in [5.41, 5.74) is 8.25. The lowest BCUT2D eigenvalue weighted by Gasteiger charge is -2.32. The summed E-state index contributed by atoms with van der Waals surface area (Å²) < 4.78 is 1.68. The molecule has 3 aromatic rings. The number of carboxylic acid groups (broad SMARTS) is 1. The minimum atomic E-state index is -1.03. The minimum Gasteiger partial charge on any atom is -0.478 e. The first-order chi connectivity index (χ1) is 15.9. The number of nitrogens with two attached hydrogens (primary N) is 1. The normalized spacial score (nSPS) is 16.1.